The third-order valence-corrected chi connectivity index (χ3v) is 4.15. The Morgan fingerprint density at radius 2 is 2.09 bits per heavy atom. The standard InChI is InChI=1S/C17H26FN3O.ClH/c1-2-19-13-14-6-9-21(10-7-14)11-8-17(22)20-16-5-3-4-15(18)12-16;/h3-5,12,14,19H,2,6-11,13H2,1H3,(H,20,22);1H. The first-order valence-corrected chi connectivity index (χ1v) is 8.16. The van der Waals surface area contributed by atoms with Crippen LogP contribution in [0.4, 0.5) is 10.1 Å². The van der Waals surface area contributed by atoms with Crippen LogP contribution in [0.5, 0.6) is 0 Å². The van der Waals surface area contributed by atoms with Crippen molar-refractivity contribution in [2.45, 2.75) is 26.2 Å². The lowest BCUT2D eigenvalue weighted by Gasteiger charge is -2.31. The van der Waals surface area contributed by atoms with E-state index in [1.165, 1.54) is 25.0 Å². The number of piperidine rings is 1. The van der Waals surface area contributed by atoms with Crippen LogP contribution in [-0.4, -0.2) is 43.5 Å². The van der Waals surface area contributed by atoms with Gasteiger partial charge in [-0.15, -0.1) is 12.4 Å². The molecule has 1 heterocycles. The van der Waals surface area contributed by atoms with Crippen molar-refractivity contribution >= 4 is 24.0 Å². The van der Waals surface area contributed by atoms with E-state index in [4.69, 9.17) is 0 Å². The molecule has 4 nitrogen and oxygen atoms in total. The molecule has 0 aliphatic carbocycles. The quantitative estimate of drug-likeness (QED) is 0.800. The van der Waals surface area contributed by atoms with Gasteiger partial charge < -0.3 is 15.5 Å². The van der Waals surface area contributed by atoms with Crippen molar-refractivity contribution in [1.29, 1.82) is 0 Å². The van der Waals surface area contributed by atoms with Gasteiger partial charge in [-0.2, -0.15) is 0 Å². The molecule has 0 bridgehead atoms. The molecule has 0 radical (unpaired) electrons. The molecule has 2 rings (SSSR count). The highest BCUT2D eigenvalue weighted by molar-refractivity contribution is 5.90. The van der Waals surface area contributed by atoms with Gasteiger partial charge in [-0.1, -0.05) is 13.0 Å². The smallest absolute Gasteiger partial charge is 0.225 e. The van der Waals surface area contributed by atoms with Gasteiger partial charge in [0.15, 0.2) is 0 Å². The summed E-state index contributed by atoms with van der Waals surface area (Å²) < 4.78 is 13.1. The van der Waals surface area contributed by atoms with E-state index < -0.39 is 0 Å². The van der Waals surface area contributed by atoms with E-state index in [9.17, 15) is 9.18 Å². The molecular weight excluding hydrogens is 317 g/mol. The summed E-state index contributed by atoms with van der Waals surface area (Å²) in [4.78, 5) is 14.2. The summed E-state index contributed by atoms with van der Waals surface area (Å²) in [6, 6.07) is 6.00. The van der Waals surface area contributed by atoms with Crippen LogP contribution < -0.4 is 10.6 Å². The van der Waals surface area contributed by atoms with Crippen molar-refractivity contribution in [3.05, 3.63) is 30.1 Å². The molecule has 6 heteroatoms. The van der Waals surface area contributed by atoms with Crippen molar-refractivity contribution < 1.29 is 9.18 Å². The topological polar surface area (TPSA) is 44.4 Å². The molecular formula is C17H27ClFN3O. The number of hydrogen-bond donors (Lipinski definition) is 2. The van der Waals surface area contributed by atoms with Gasteiger partial charge in [-0.3, -0.25) is 4.79 Å². The lowest BCUT2D eigenvalue weighted by molar-refractivity contribution is -0.116. The van der Waals surface area contributed by atoms with Gasteiger partial charge in [0.05, 0.1) is 0 Å². The predicted octanol–water partition coefficient (Wildman–Crippen LogP) is 2.90. The highest BCUT2D eigenvalue weighted by Crippen LogP contribution is 2.16. The maximum atomic E-state index is 13.1. The number of halogens is 2. The maximum Gasteiger partial charge on any atom is 0.225 e. The first-order valence-electron chi connectivity index (χ1n) is 8.16. The molecule has 0 saturated carbocycles. The lowest BCUT2D eigenvalue weighted by Crippen LogP contribution is -2.38. The van der Waals surface area contributed by atoms with Gasteiger partial charge in [0.25, 0.3) is 0 Å². The predicted molar refractivity (Wildman–Crippen MR) is 94.6 cm³/mol. The molecule has 0 spiro atoms. The molecule has 1 amide bonds. The number of rotatable bonds is 7. The minimum atomic E-state index is -0.333. The van der Waals surface area contributed by atoms with E-state index in [2.05, 4.69) is 22.5 Å². The van der Waals surface area contributed by atoms with Crippen molar-refractivity contribution in [1.82, 2.24) is 10.2 Å². The van der Waals surface area contributed by atoms with Crippen molar-refractivity contribution in [2.75, 3.05) is 38.0 Å². The van der Waals surface area contributed by atoms with Gasteiger partial charge in [-0.05, 0) is 63.1 Å². The van der Waals surface area contributed by atoms with E-state index in [1.54, 1.807) is 12.1 Å². The molecule has 0 atom stereocenters. The van der Waals surface area contributed by atoms with E-state index in [0.717, 1.165) is 38.6 Å². The fraction of sp³-hybridized carbons (Fsp3) is 0.588. The number of benzene rings is 1. The summed E-state index contributed by atoms with van der Waals surface area (Å²) in [7, 11) is 0. The highest BCUT2D eigenvalue weighted by Gasteiger charge is 2.19. The zero-order valence-corrected chi connectivity index (χ0v) is 14.5. The van der Waals surface area contributed by atoms with Gasteiger partial charge in [0, 0.05) is 18.7 Å². The Morgan fingerprint density at radius 1 is 1.35 bits per heavy atom. The Labute approximate surface area is 144 Å². The number of anilines is 1. The summed E-state index contributed by atoms with van der Waals surface area (Å²) in [5.41, 5.74) is 0.523. The molecule has 1 aliphatic heterocycles. The third-order valence-electron chi connectivity index (χ3n) is 4.15. The number of nitrogens with one attached hydrogen (secondary N) is 2. The van der Waals surface area contributed by atoms with E-state index >= 15 is 0 Å². The van der Waals surface area contributed by atoms with Crippen LogP contribution in [0.2, 0.25) is 0 Å². The van der Waals surface area contributed by atoms with Gasteiger partial charge in [0.1, 0.15) is 5.82 Å². The average molecular weight is 344 g/mol. The Kier molecular flexibility index (Phi) is 9.14. The number of hydrogen-bond acceptors (Lipinski definition) is 3. The largest absolute Gasteiger partial charge is 0.326 e. The van der Waals surface area contributed by atoms with Crippen LogP contribution in [0.3, 0.4) is 0 Å². The molecule has 1 aromatic carbocycles. The Morgan fingerprint density at radius 3 is 2.74 bits per heavy atom. The zero-order valence-electron chi connectivity index (χ0n) is 13.7. The van der Waals surface area contributed by atoms with E-state index in [0.29, 0.717) is 12.1 Å². The minimum Gasteiger partial charge on any atom is -0.326 e. The van der Waals surface area contributed by atoms with E-state index in [-0.39, 0.29) is 24.1 Å². The molecule has 1 fully saturated rings. The average Bonchev–Trinajstić information content (AvgIpc) is 2.52. The van der Waals surface area contributed by atoms with Crippen LogP contribution in [-0.2, 0) is 4.79 Å². The summed E-state index contributed by atoms with van der Waals surface area (Å²) >= 11 is 0. The number of likely N-dealkylation sites (tertiary alicyclic amines) is 1. The molecule has 1 aromatic rings. The summed E-state index contributed by atoms with van der Waals surface area (Å²) in [6.07, 6.45) is 2.84. The van der Waals surface area contributed by atoms with Crippen molar-refractivity contribution in [3.63, 3.8) is 0 Å². The molecule has 0 unspecified atom stereocenters. The Hall–Kier alpha value is -1.17. The molecule has 1 aliphatic rings. The fourth-order valence-electron chi connectivity index (χ4n) is 2.81. The number of amides is 1. The first kappa shape index (κ1) is 19.9. The molecule has 130 valence electrons. The van der Waals surface area contributed by atoms with Crippen LogP contribution >= 0.6 is 12.4 Å². The highest BCUT2D eigenvalue weighted by atomic mass is 35.5. The van der Waals surface area contributed by atoms with Crippen LogP contribution in [0, 0.1) is 11.7 Å². The SMILES string of the molecule is CCNCC1CCN(CCC(=O)Nc2cccc(F)c2)CC1.Cl. The van der Waals surface area contributed by atoms with Gasteiger partial charge >= 0.3 is 0 Å². The van der Waals surface area contributed by atoms with Crippen molar-refractivity contribution in [2.24, 2.45) is 5.92 Å². The maximum absolute atomic E-state index is 13.1. The number of carbonyl (C=O) groups is 1. The molecule has 2 N–H and O–H groups in total. The van der Waals surface area contributed by atoms with Gasteiger partial charge in [0.2, 0.25) is 5.91 Å². The second-order valence-electron chi connectivity index (χ2n) is 5.90. The third kappa shape index (κ3) is 7.29. The fourth-order valence-corrected chi connectivity index (χ4v) is 2.81. The van der Waals surface area contributed by atoms with Gasteiger partial charge in [-0.25, -0.2) is 4.39 Å². The molecule has 0 aromatic heterocycles. The van der Waals surface area contributed by atoms with Crippen molar-refractivity contribution in [3.8, 4) is 0 Å². The van der Waals surface area contributed by atoms with Crippen LogP contribution in [0.25, 0.3) is 0 Å². The normalized spacial score (nSPS) is 15.9. The second kappa shape index (κ2) is 10.6. The number of carbonyl (C=O) groups excluding carboxylic acids is 1. The second-order valence-corrected chi connectivity index (χ2v) is 5.90. The summed E-state index contributed by atoms with van der Waals surface area (Å²) in [5.74, 6) is 0.373. The lowest BCUT2D eigenvalue weighted by atomic mass is 9.96. The first-order chi connectivity index (χ1) is 10.7. The van der Waals surface area contributed by atoms with E-state index in [1.807, 2.05) is 0 Å². The monoisotopic (exact) mass is 343 g/mol. The molecule has 1 saturated heterocycles. The minimum absolute atomic E-state index is 0. The molecule has 23 heavy (non-hydrogen) atoms. The zero-order chi connectivity index (χ0) is 15.8. The summed E-state index contributed by atoms with van der Waals surface area (Å²) in [6.45, 7) is 7.15. The van der Waals surface area contributed by atoms with Crippen LogP contribution in [0.15, 0.2) is 24.3 Å². The van der Waals surface area contributed by atoms with Crippen LogP contribution in [0.1, 0.15) is 26.2 Å². The Balaban J connectivity index is 0.00000264. The Bertz CT molecular complexity index is 479. The number of nitrogens with zero attached hydrogens (tertiary/aromatic N) is 1. The summed E-state index contributed by atoms with van der Waals surface area (Å²) in [5, 5.41) is 6.15.